The van der Waals surface area contributed by atoms with Gasteiger partial charge in [-0.1, -0.05) is 5.16 Å². The summed E-state index contributed by atoms with van der Waals surface area (Å²) in [7, 11) is 0. The zero-order chi connectivity index (χ0) is 8.20. The van der Waals surface area contributed by atoms with E-state index in [1.54, 1.807) is 20.8 Å². The normalized spacial score (nSPS) is 11.9. The average Bonchev–Trinajstić information content (AvgIpc) is 1.59. The average molecular weight is 145 g/mol. The molecule has 58 valence electrons. The first-order valence-corrected chi connectivity index (χ1v) is 2.86. The summed E-state index contributed by atoms with van der Waals surface area (Å²) in [6, 6.07) is 0. The molecule has 0 heterocycles. The predicted octanol–water partition coefficient (Wildman–Crippen LogP) is 0.788. The number of hydrogen-bond donors (Lipinski definition) is 1. The SMILES string of the molecule is CC(C)(C)OC(=O)/C=N/O. The number of oxime groups is 1. The van der Waals surface area contributed by atoms with Gasteiger partial charge in [-0.2, -0.15) is 0 Å². The summed E-state index contributed by atoms with van der Waals surface area (Å²) in [5.41, 5.74) is -0.529. The van der Waals surface area contributed by atoms with Gasteiger partial charge in [-0.05, 0) is 20.8 Å². The third kappa shape index (κ3) is 5.08. The summed E-state index contributed by atoms with van der Waals surface area (Å²) in [6.45, 7) is 5.20. The van der Waals surface area contributed by atoms with Crippen molar-refractivity contribution in [3.05, 3.63) is 0 Å². The van der Waals surface area contributed by atoms with E-state index in [1.165, 1.54) is 0 Å². The molecule has 0 aromatic carbocycles. The summed E-state index contributed by atoms with van der Waals surface area (Å²) < 4.78 is 4.73. The molecular weight excluding hydrogens is 134 g/mol. The molecule has 4 nitrogen and oxygen atoms in total. The van der Waals surface area contributed by atoms with E-state index in [2.05, 4.69) is 5.16 Å². The van der Waals surface area contributed by atoms with Crippen LogP contribution < -0.4 is 0 Å². The smallest absolute Gasteiger partial charge is 0.353 e. The molecule has 0 saturated heterocycles. The van der Waals surface area contributed by atoms with Crippen LogP contribution in [0.3, 0.4) is 0 Å². The summed E-state index contributed by atoms with van der Waals surface area (Å²) in [5.74, 6) is -0.644. The maximum Gasteiger partial charge on any atom is 0.353 e. The van der Waals surface area contributed by atoms with Crippen molar-refractivity contribution in [2.24, 2.45) is 5.16 Å². The van der Waals surface area contributed by atoms with E-state index in [0.717, 1.165) is 0 Å². The molecule has 0 spiro atoms. The summed E-state index contributed by atoms with van der Waals surface area (Å²) in [5, 5.41) is 10.4. The van der Waals surface area contributed by atoms with Gasteiger partial charge in [-0.3, -0.25) is 0 Å². The quantitative estimate of drug-likeness (QED) is 0.257. The van der Waals surface area contributed by atoms with Crippen LogP contribution in [-0.4, -0.2) is 23.0 Å². The number of carbonyl (C=O) groups is 1. The van der Waals surface area contributed by atoms with E-state index in [-0.39, 0.29) is 0 Å². The van der Waals surface area contributed by atoms with Crippen molar-refractivity contribution in [3.8, 4) is 0 Å². The minimum atomic E-state index is -0.644. The van der Waals surface area contributed by atoms with Crippen molar-refractivity contribution in [3.63, 3.8) is 0 Å². The Labute approximate surface area is 59.5 Å². The highest BCUT2D eigenvalue weighted by Crippen LogP contribution is 2.05. The lowest BCUT2D eigenvalue weighted by Gasteiger charge is -2.17. The van der Waals surface area contributed by atoms with Gasteiger partial charge in [-0.15, -0.1) is 0 Å². The molecule has 0 radical (unpaired) electrons. The second-order valence-corrected chi connectivity index (χ2v) is 2.78. The zero-order valence-electron chi connectivity index (χ0n) is 6.29. The van der Waals surface area contributed by atoms with Crippen LogP contribution in [-0.2, 0) is 9.53 Å². The molecule has 0 atom stereocenters. The molecule has 0 amide bonds. The molecule has 0 aliphatic carbocycles. The molecule has 0 aliphatic heterocycles. The van der Waals surface area contributed by atoms with Gasteiger partial charge in [0.25, 0.3) is 0 Å². The Kier molecular flexibility index (Phi) is 2.86. The molecule has 0 rings (SSSR count). The minimum absolute atomic E-state index is 0.529. The highest BCUT2D eigenvalue weighted by Gasteiger charge is 2.14. The topological polar surface area (TPSA) is 58.9 Å². The molecule has 0 unspecified atom stereocenters. The Bertz CT molecular complexity index is 146. The summed E-state index contributed by atoms with van der Waals surface area (Å²) >= 11 is 0. The molecule has 0 saturated carbocycles. The van der Waals surface area contributed by atoms with Crippen molar-refractivity contribution in [1.82, 2.24) is 0 Å². The molecule has 0 aromatic heterocycles. The van der Waals surface area contributed by atoms with Crippen molar-refractivity contribution in [2.75, 3.05) is 0 Å². The number of esters is 1. The van der Waals surface area contributed by atoms with E-state index >= 15 is 0 Å². The van der Waals surface area contributed by atoms with Gasteiger partial charge >= 0.3 is 5.97 Å². The Morgan fingerprint density at radius 2 is 2.10 bits per heavy atom. The Morgan fingerprint density at radius 1 is 1.60 bits per heavy atom. The Hall–Kier alpha value is -1.06. The third-order valence-electron chi connectivity index (χ3n) is 0.570. The number of rotatable bonds is 1. The maximum absolute atomic E-state index is 10.5. The highest BCUT2D eigenvalue weighted by molar-refractivity contribution is 6.23. The zero-order valence-corrected chi connectivity index (χ0v) is 6.29. The number of carbonyl (C=O) groups excluding carboxylic acids is 1. The van der Waals surface area contributed by atoms with Gasteiger partial charge < -0.3 is 9.94 Å². The van der Waals surface area contributed by atoms with Crippen LogP contribution in [0.1, 0.15) is 20.8 Å². The fraction of sp³-hybridized carbons (Fsp3) is 0.667. The molecule has 0 fully saturated rings. The first kappa shape index (κ1) is 8.94. The van der Waals surface area contributed by atoms with Crippen LogP contribution in [0.4, 0.5) is 0 Å². The van der Waals surface area contributed by atoms with E-state index < -0.39 is 11.6 Å². The highest BCUT2D eigenvalue weighted by atomic mass is 16.6. The fourth-order valence-corrected chi connectivity index (χ4v) is 0.375. The van der Waals surface area contributed by atoms with E-state index in [9.17, 15) is 4.79 Å². The standard InChI is InChI=1S/C6H11NO3/c1-6(2,3)10-5(8)4-7-9/h4,9H,1-3H3/b7-4+. The molecule has 0 aliphatic rings. The molecule has 0 bridgehead atoms. The van der Waals surface area contributed by atoms with Crippen LogP contribution in [0, 0.1) is 0 Å². The Morgan fingerprint density at radius 3 is 2.40 bits per heavy atom. The first-order valence-electron chi connectivity index (χ1n) is 2.86. The molecule has 1 N–H and O–H groups in total. The van der Waals surface area contributed by atoms with Crippen LogP contribution in [0.5, 0.6) is 0 Å². The Balaban J connectivity index is 3.81. The van der Waals surface area contributed by atoms with Crippen LogP contribution in [0.2, 0.25) is 0 Å². The molecule has 0 aromatic rings. The van der Waals surface area contributed by atoms with E-state index in [0.29, 0.717) is 6.21 Å². The third-order valence-corrected chi connectivity index (χ3v) is 0.570. The number of nitrogens with zero attached hydrogens (tertiary/aromatic N) is 1. The van der Waals surface area contributed by atoms with Crippen molar-refractivity contribution >= 4 is 12.2 Å². The van der Waals surface area contributed by atoms with Crippen LogP contribution >= 0.6 is 0 Å². The largest absolute Gasteiger partial charge is 0.456 e. The van der Waals surface area contributed by atoms with Gasteiger partial charge in [0.05, 0.1) is 0 Å². The monoisotopic (exact) mass is 145 g/mol. The van der Waals surface area contributed by atoms with E-state index in [4.69, 9.17) is 9.94 Å². The van der Waals surface area contributed by atoms with Crippen LogP contribution in [0.15, 0.2) is 5.16 Å². The van der Waals surface area contributed by atoms with Gasteiger partial charge in [0, 0.05) is 0 Å². The summed E-state index contributed by atoms with van der Waals surface area (Å²) in [6.07, 6.45) is 0.714. The fourth-order valence-electron chi connectivity index (χ4n) is 0.375. The number of ether oxygens (including phenoxy) is 1. The van der Waals surface area contributed by atoms with Gasteiger partial charge in [0.2, 0.25) is 0 Å². The second-order valence-electron chi connectivity index (χ2n) is 2.78. The summed E-state index contributed by atoms with van der Waals surface area (Å²) in [4.78, 5) is 10.5. The molecule has 4 heteroatoms. The van der Waals surface area contributed by atoms with Gasteiger partial charge in [0.1, 0.15) is 5.60 Å². The van der Waals surface area contributed by atoms with Gasteiger partial charge in [-0.25, -0.2) is 4.79 Å². The predicted molar refractivity (Wildman–Crippen MR) is 36.1 cm³/mol. The molecule has 10 heavy (non-hydrogen) atoms. The van der Waals surface area contributed by atoms with Gasteiger partial charge in [0.15, 0.2) is 6.21 Å². The lowest BCUT2D eigenvalue weighted by molar-refractivity contribution is -0.145. The second kappa shape index (κ2) is 3.20. The van der Waals surface area contributed by atoms with Crippen molar-refractivity contribution in [2.45, 2.75) is 26.4 Å². The number of hydrogen-bond acceptors (Lipinski definition) is 4. The van der Waals surface area contributed by atoms with Crippen molar-refractivity contribution < 1.29 is 14.7 Å². The lowest BCUT2D eigenvalue weighted by Crippen LogP contribution is -2.24. The molecular formula is C6H11NO3. The lowest BCUT2D eigenvalue weighted by atomic mass is 10.2. The van der Waals surface area contributed by atoms with E-state index in [1.807, 2.05) is 0 Å². The van der Waals surface area contributed by atoms with Crippen molar-refractivity contribution in [1.29, 1.82) is 0 Å². The first-order chi connectivity index (χ1) is 4.45. The van der Waals surface area contributed by atoms with Crippen LogP contribution in [0.25, 0.3) is 0 Å². The minimum Gasteiger partial charge on any atom is -0.456 e. The maximum atomic E-state index is 10.5.